The van der Waals surface area contributed by atoms with Gasteiger partial charge in [-0.3, -0.25) is 4.79 Å². The normalized spacial score (nSPS) is 10.7. The Kier molecular flexibility index (Phi) is 4.06. The third-order valence-corrected chi connectivity index (χ3v) is 4.15. The summed E-state index contributed by atoms with van der Waals surface area (Å²) < 4.78 is 17.4. The molecule has 3 aromatic rings. The number of methoxy groups -OCH3 is 2. The Balaban J connectivity index is 2.23. The van der Waals surface area contributed by atoms with Crippen LogP contribution in [0.3, 0.4) is 0 Å². The first-order chi connectivity index (χ1) is 10.6. The second-order valence-corrected chi connectivity index (χ2v) is 5.83. The van der Waals surface area contributed by atoms with E-state index in [1.807, 2.05) is 18.2 Å². The molecule has 0 saturated carbocycles. The van der Waals surface area contributed by atoms with E-state index in [0.29, 0.717) is 28.2 Å². The summed E-state index contributed by atoms with van der Waals surface area (Å²) in [7, 11) is 3.17. The van der Waals surface area contributed by atoms with E-state index in [4.69, 9.17) is 13.9 Å². The Morgan fingerprint density at radius 1 is 1.05 bits per heavy atom. The minimum Gasteiger partial charge on any atom is -0.493 e. The predicted molar refractivity (Wildman–Crippen MR) is 93.7 cm³/mol. The summed E-state index contributed by atoms with van der Waals surface area (Å²) in [4.78, 5) is 12.2. The molecule has 1 aromatic heterocycles. The van der Waals surface area contributed by atoms with E-state index in [2.05, 4.69) is 22.6 Å². The van der Waals surface area contributed by atoms with Crippen LogP contribution in [0.2, 0.25) is 0 Å². The first kappa shape index (κ1) is 14.9. The van der Waals surface area contributed by atoms with E-state index < -0.39 is 0 Å². The molecule has 0 radical (unpaired) electrons. The molecule has 0 fully saturated rings. The molecule has 0 bridgehead atoms. The van der Waals surface area contributed by atoms with Gasteiger partial charge in [0.1, 0.15) is 11.3 Å². The Hall–Kier alpha value is -2.02. The average Bonchev–Trinajstić information content (AvgIpc) is 2.54. The topological polar surface area (TPSA) is 48.7 Å². The van der Waals surface area contributed by atoms with Crippen molar-refractivity contribution >= 4 is 33.6 Å². The predicted octanol–water partition coefficient (Wildman–Crippen LogP) is 4.08. The minimum atomic E-state index is -0.0679. The SMILES string of the molecule is COc1cc(-c2cc(=O)c3ccccc3o2)cc(I)c1OC. The van der Waals surface area contributed by atoms with Crippen molar-refractivity contribution in [1.82, 2.24) is 0 Å². The molecule has 0 unspecified atom stereocenters. The average molecular weight is 408 g/mol. The lowest BCUT2D eigenvalue weighted by Crippen LogP contribution is -2.00. The van der Waals surface area contributed by atoms with Crippen molar-refractivity contribution in [3.05, 3.63) is 56.3 Å². The Morgan fingerprint density at radius 2 is 1.82 bits per heavy atom. The summed E-state index contributed by atoms with van der Waals surface area (Å²) in [6, 6.07) is 12.4. The van der Waals surface area contributed by atoms with E-state index >= 15 is 0 Å². The Bertz CT molecular complexity index is 899. The first-order valence-corrected chi connectivity index (χ1v) is 7.66. The van der Waals surface area contributed by atoms with E-state index in [1.54, 1.807) is 32.4 Å². The molecular weight excluding hydrogens is 395 g/mol. The summed E-state index contributed by atoms with van der Waals surface area (Å²) in [5.74, 6) is 1.76. The number of halogens is 1. The Labute approximate surface area is 140 Å². The lowest BCUT2D eigenvalue weighted by atomic mass is 10.1. The number of hydrogen-bond acceptors (Lipinski definition) is 4. The fraction of sp³-hybridized carbons (Fsp3) is 0.118. The zero-order valence-electron chi connectivity index (χ0n) is 12.1. The zero-order chi connectivity index (χ0) is 15.7. The molecule has 0 N–H and O–H groups in total. The molecule has 22 heavy (non-hydrogen) atoms. The molecule has 112 valence electrons. The van der Waals surface area contributed by atoms with Crippen molar-refractivity contribution in [2.75, 3.05) is 14.2 Å². The molecule has 2 aromatic carbocycles. The fourth-order valence-corrected chi connectivity index (χ4v) is 3.13. The van der Waals surface area contributed by atoms with Crippen LogP contribution < -0.4 is 14.9 Å². The summed E-state index contributed by atoms with van der Waals surface area (Å²) in [5, 5.41) is 0.571. The summed E-state index contributed by atoms with van der Waals surface area (Å²) in [5.41, 5.74) is 1.27. The number of para-hydroxylation sites is 1. The van der Waals surface area contributed by atoms with Crippen LogP contribution in [0.1, 0.15) is 0 Å². The maximum Gasteiger partial charge on any atom is 0.193 e. The molecule has 4 nitrogen and oxygen atoms in total. The minimum absolute atomic E-state index is 0.0679. The van der Waals surface area contributed by atoms with Gasteiger partial charge in [0, 0.05) is 11.6 Å². The number of fused-ring (bicyclic) bond motifs is 1. The number of hydrogen-bond donors (Lipinski definition) is 0. The van der Waals surface area contributed by atoms with Crippen molar-refractivity contribution in [3.8, 4) is 22.8 Å². The van der Waals surface area contributed by atoms with Gasteiger partial charge < -0.3 is 13.9 Å². The standard InChI is InChI=1S/C17H13IO4/c1-20-16-8-10(7-12(18)17(16)21-2)15-9-13(19)11-5-3-4-6-14(11)22-15/h3-9H,1-2H3. The van der Waals surface area contributed by atoms with E-state index in [-0.39, 0.29) is 5.43 Å². The molecular formula is C17H13IO4. The molecule has 0 aliphatic rings. The van der Waals surface area contributed by atoms with Crippen LogP contribution in [-0.4, -0.2) is 14.2 Å². The summed E-state index contributed by atoms with van der Waals surface area (Å²) in [6.45, 7) is 0. The highest BCUT2D eigenvalue weighted by atomic mass is 127. The van der Waals surface area contributed by atoms with Crippen molar-refractivity contribution in [2.24, 2.45) is 0 Å². The lowest BCUT2D eigenvalue weighted by Gasteiger charge is -2.12. The van der Waals surface area contributed by atoms with Crippen molar-refractivity contribution in [3.63, 3.8) is 0 Å². The van der Waals surface area contributed by atoms with Crippen LogP contribution >= 0.6 is 22.6 Å². The van der Waals surface area contributed by atoms with Crippen molar-refractivity contribution in [1.29, 1.82) is 0 Å². The van der Waals surface area contributed by atoms with Gasteiger partial charge in [-0.15, -0.1) is 0 Å². The maximum atomic E-state index is 12.2. The van der Waals surface area contributed by atoms with Crippen molar-refractivity contribution < 1.29 is 13.9 Å². The van der Waals surface area contributed by atoms with Gasteiger partial charge >= 0.3 is 0 Å². The number of ether oxygens (including phenoxy) is 2. The first-order valence-electron chi connectivity index (χ1n) is 6.59. The molecule has 5 heteroatoms. The van der Waals surface area contributed by atoms with Gasteiger partial charge in [0.2, 0.25) is 0 Å². The Morgan fingerprint density at radius 3 is 2.55 bits per heavy atom. The van der Waals surface area contributed by atoms with E-state index in [1.165, 1.54) is 6.07 Å². The lowest BCUT2D eigenvalue weighted by molar-refractivity contribution is 0.353. The second-order valence-electron chi connectivity index (χ2n) is 4.66. The van der Waals surface area contributed by atoms with Crippen LogP contribution in [0.15, 0.2) is 51.7 Å². The van der Waals surface area contributed by atoms with Gasteiger partial charge in [0.05, 0.1) is 23.2 Å². The van der Waals surface area contributed by atoms with Gasteiger partial charge in [-0.2, -0.15) is 0 Å². The summed E-state index contributed by atoms with van der Waals surface area (Å²) in [6.07, 6.45) is 0. The van der Waals surface area contributed by atoms with E-state index in [9.17, 15) is 4.79 Å². The number of rotatable bonds is 3. The van der Waals surface area contributed by atoms with Crippen LogP contribution in [0, 0.1) is 3.57 Å². The van der Waals surface area contributed by atoms with Crippen LogP contribution in [0.25, 0.3) is 22.3 Å². The second kappa shape index (κ2) is 6.00. The molecule has 0 saturated heterocycles. The van der Waals surface area contributed by atoms with E-state index in [0.717, 1.165) is 9.13 Å². The number of benzene rings is 2. The van der Waals surface area contributed by atoms with Gasteiger partial charge in [0.25, 0.3) is 0 Å². The van der Waals surface area contributed by atoms with Crippen LogP contribution in [0.4, 0.5) is 0 Å². The molecule has 0 atom stereocenters. The third-order valence-electron chi connectivity index (χ3n) is 3.35. The van der Waals surface area contributed by atoms with Gasteiger partial charge in [-0.1, -0.05) is 12.1 Å². The molecule has 0 amide bonds. The molecule has 1 heterocycles. The molecule has 3 rings (SSSR count). The highest BCUT2D eigenvalue weighted by Gasteiger charge is 2.14. The third kappa shape index (κ3) is 2.56. The monoisotopic (exact) mass is 408 g/mol. The zero-order valence-corrected chi connectivity index (χ0v) is 14.2. The van der Waals surface area contributed by atoms with Crippen LogP contribution in [-0.2, 0) is 0 Å². The largest absolute Gasteiger partial charge is 0.493 e. The highest BCUT2D eigenvalue weighted by Crippen LogP contribution is 2.37. The quantitative estimate of drug-likeness (QED) is 0.613. The van der Waals surface area contributed by atoms with Gasteiger partial charge in [0.15, 0.2) is 16.9 Å². The highest BCUT2D eigenvalue weighted by molar-refractivity contribution is 14.1. The van der Waals surface area contributed by atoms with Crippen molar-refractivity contribution in [2.45, 2.75) is 0 Å². The molecule has 0 spiro atoms. The molecule has 0 aliphatic carbocycles. The van der Waals surface area contributed by atoms with Crippen LogP contribution in [0.5, 0.6) is 11.5 Å². The fourth-order valence-electron chi connectivity index (χ4n) is 2.31. The summed E-state index contributed by atoms with van der Waals surface area (Å²) >= 11 is 2.16. The smallest absolute Gasteiger partial charge is 0.193 e. The van der Waals surface area contributed by atoms with Gasteiger partial charge in [-0.25, -0.2) is 0 Å². The molecule has 0 aliphatic heterocycles. The van der Waals surface area contributed by atoms with Gasteiger partial charge in [-0.05, 0) is 46.9 Å². The maximum absolute atomic E-state index is 12.2.